The molecule has 0 atom stereocenters. The molecule has 0 radical (unpaired) electrons. The summed E-state index contributed by atoms with van der Waals surface area (Å²) in [5.74, 6) is 0. The molecule has 1 aromatic carbocycles. The Balaban J connectivity index is 2.46. The molecule has 2 N–H and O–H groups in total. The predicted octanol–water partition coefficient (Wildman–Crippen LogP) is 1.27. The quantitative estimate of drug-likeness (QED) is 0.671. The van der Waals surface area contributed by atoms with Gasteiger partial charge in [0, 0.05) is 20.3 Å². The minimum absolute atomic E-state index is 0.166. The minimum Gasteiger partial charge on any atom is -0.392 e. The van der Waals surface area contributed by atoms with E-state index in [9.17, 15) is 8.42 Å². The summed E-state index contributed by atoms with van der Waals surface area (Å²) < 4.78 is 31.4. The number of hydrogen-bond acceptors (Lipinski definition) is 4. The van der Waals surface area contributed by atoms with Crippen molar-refractivity contribution in [2.24, 2.45) is 0 Å². The summed E-state index contributed by atoms with van der Waals surface area (Å²) >= 11 is 0. The van der Waals surface area contributed by atoms with Gasteiger partial charge in [0.15, 0.2) is 0 Å². The second-order valence-electron chi connectivity index (χ2n) is 4.26. The molecule has 1 rings (SSSR count). The van der Waals surface area contributed by atoms with Gasteiger partial charge in [0.25, 0.3) is 0 Å². The van der Waals surface area contributed by atoms with Crippen LogP contribution in [-0.4, -0.2) is 33.8 Å². The zero-order valence-electron chi connectivity index (χ0n) is 11.1. The fourth-order valence-corrected chi connectivity index (χ4v) is 2.79. The molecule has 0 saturated carbocycles. The maximum Gasteiger partial charge on any atom is 0.240 e. The highest BCUT2D eigenvalue weighted by Gasteiger charge is 2.13. The molecular formula is C13H21NO4S. The van der Waals surface area contributed by atoms with Crippen LogP contribution in [0.3, 0.4) is 0 Å². The number of ether oxygens (including phenoxy) is 1. The van der Waals surface area contributed by atoms with E-state index in [1.54, 1.807) is 19.2 Å². The Morgan fingerprint density at radius 3 is 2.74 bits per heavy atom. The summed E-state index contributed by atoms with van der Waals surface area (Å²) in [4.78, 5) is 0.191. The first kappa shape index (κ1) is 16.1. The van der Waals surface area contributed by atoms with E-state index in [1.165, 1.54) is 12.1 Å². The zero-order valence-corrected chi connectivity index (χ0v) is 11.9. The van der Waals surface area contributed by atoms with Crippen molar-refractivity contribution < 1.29 is 18.3 Å². The van der Waals surface area contributed by atoms with Gasteiger partial charge in [-0.15, -0.1) is 0 Å². The fourth-order valence-electron chi connectivity index (χ4n) is 1.65. The Morgan fingerprint density at radius 2 is 2.05 bits per heavy atom. The number of unbranched alkanes of at least 4 members (excludes halogenated alkanes) is 2. The number of nitrogens with one attached hydrogen (secondary N) is 1. The van der Waals surface area contributed by atoms with E-state index in [0.717, 1.165) is 19.3 Å². The highest BCUT2D eigenvalue weighted by Crippen LogP contribution is 2.11. The standard InChI is InChI=1S/C13H21NO4S/c1-18-9-4-2-3-8-14-19(16,17)13-7-5-6-12(10-13)11-15/h5-7,10,14-15H,2-4,8-9,11H2,1H3. The number of aliphatic hydroxyl groups excluding tert-OH is 1. The first-order valence-corrected chi connectivity index (χ1v) is 7.77. The van der Waals surface area contributed by atoms with Gasteiger partial charge in [-0.2, -0.15) is 0 Å². The second-order valence-corrected chi connectivity index (χ2v) is 6.02. The molecule has 0 aliphatic rings. The molecule has 0 heterocycles. The molecule has 0 aromatic heterocycles. The van der Waals surface area contributed by atoms with E-state index in [4.69, 9.17) is 9.84 Å². The van der Waals surface area contributed by atoms with Crippen LogP contribution in [0.1, 0.15) is 24.8 Å². The van der Waals surface area contributed by atoms with E-state index in [0.29, 0.717) is 18.7 Å². The first-order chi connectivity index (χ1) is 9.10. The fraction of sp³-hybridized carbons (Fsp3) is 0.538. The Bertz CT molecular complexity index is 473. The molecule has 0 aliphatic heterocycles. The van der Waals surface area contributed by atoms with E-state index in [-0.39, 0.29) is 11.5 Å². The lowest BCUT2D eigenvalue weighted by Crippen LogP contribution is -2.24. The number of methoxy groups -OCH3 is 1. The van der Waals surface area contributed by atoms with Crippen LogP contribution in [-0.2, 0) is 21.4 Å². The molecule has 5 nitrogen and oxygen atoms in total. The summed E-state index contributed by atoms with van der Waals surface area (Å²) in [6.45, 7) is 0.946. The molecule has 6 heteroatoms. The number of sulfonamides is 1. The molecule has 108 valence electrons. The molecule has 0 amide bonds. The van der Waals surface area contributed by atoms with Gasteiger partial charge in [-0.1, -0.05) is 12.1 Å². The Kier molecular flexibility index (Phi) is 7.01. The van der Waals surface area contributed by atoms with Gasteiger partial charge in [0.05, 0.1) is 11.5 Å². The third kappa shape index (κ3) is 5.69. The van der Waals surface area contributed by atoms with Gasteiger partial charge in [-0.3, -0.25) is 0 Å². The molecule has 19 heavy (non-hydrogen) atoms. The number of aliphatic hydroxyl groups is 1. The van der Waals surface area contributed by atoms with E-state index in [2.05, 4.69) is 4.72 Å². The summed E-state index contributed by atoms with van der Waals surface area (Å²) in [7, 11) is -1.83. The van der Waals surface area contributed by atoms with Crippen molar-refractivity contribution in [3.63, 3.8) is 0 Å². The largest absolute Gasteiger partial charge is 0.392 e. The third-order valence-corrected chi connectivity index (χ3v) is 4.17. The number of hydrogen-bond donors (Lipinski definition) is 2. The lowest BCUT2D eigenvalue weighted by Gasteiger charge is -2.07. The maximum absolute atomic E-state index is 12.0. The van der Waals surface area contributed by atoms with Crippen molar-refractivity contribution in [1.82, 2.24) is 4.72 Å². The Labute approximate surface area is 114 Å². The monoisotopic (exact) mass is 287 g/mol. The minimum atomic E-state index is -3.48. The molecule has 0 spiro atoms. The molecule has 0 aliphatic carbocycles. The third-order valence-electron chi connectivity index (χ3n) is 2.71. The van der Waals surface area contributed by atoms with Crippen LogP contribution in [0.4, 0.5) is 0 Å². The van der Waals surface area contributed by atoms with Crippen LogP contribution in [0, 0.1) is 0 Å². The second kappa shape index (κ2) is 8.27. The predicted molar refractivity (Wildman–Crippen MR) is 73.3 cm³/mol. The summed E-state index contributed by atoms with van der Waals surface area (Å²) in [5.41, 5.74) is 0.586. The van der Waals surface area contributed by atoms with E-state index >= 15 is 0 Å². The van der Waals surface area contributed by atoms with Crippen molar-refractivity contribution in [3.8, 4) is 0 Å². The van der Waals surface area contributed by atoms with Gasteiger partial charge >= 0.3 is 0 Å². The number of benzene rings is 1. The van der Waals surface area contributed by atoms with Gasteiger partial charge in [-0.05, 0) is 37.0 Å². The average Bonchev–Trinajstić information content (AvgIpc) is 2.43. The normalized spacial score (nSPS) is 11.7. The average molecular weight is 287 g/mol. The van der Waals surface area contributed by atoms with Crippen molar-refractivity contribution in [2.75, 3.05) is 20.3 Å². The lowest BCUT2D eigenvalue weighted by atomic mass is 10.2. The zero-order chi connectivity index (χ0) is 14.1. The van der Waals surface area contributed by atoms with Gasteiger partial charge in [0.1, 0.15) is 0 Å². The van der Waals surface area contributed by atoms with Crippen LogP contribution in [0.2, 0.25) is 0 Å². The Hall–Kier alpha value is -0.950. The van der Waals surface area contributed by atoms with Crippen LogP contribution in [0.25, 0.3) is 0 Å². The molecule has 1 aromatic rings. The molecule has 0 fully saturated rings. The van der Waals surface area contributed by atoms with Crippen LogP contribution >= 0.6 is 0 Å². The highest BCUT2D eigenvalue weighted by molar-refractivity contribution is 7.89. The van der Waals surface area contributed by atoms with E-state index < -0.39 is 10.0 Å². The van der Waals surface area contributed by atoms with Crippen molar-refractivity contribution in [1.29, 1.82) is 0 Å². The highest BCUT2D eigenvalue weighted by atomic mass is 32.2. The van der Waals surface area contributed by atoms with Crippen molar-refractivity contribution >= 4 is 10.0 Å². The molecule has 0 bridgehead atoms. The topological polar surface area (TPSA) is 75.6 Å². The van der Waals surface area contributed by atoms with Crippen molar-refractivity contribution in [2.45, 2.75) is 30.8 Å². The summed E-state index contributed by atoms with van der Waals surface area (Å²) in [6, 6.07) is 6.31. The smallest absolute Gasteiger partial charge is 0.240 e. The van der Waals surface area contributed by atoms with Crippen LogP contribution in [0.5, 0.6) is 0 Å². The lowest BCUT2D eigenvalue weighted by molar-refractivity contribution is 0.192. The van der Waals surface area contributed by atoms with Gasteiger partial charge in [-0.25, -0.2) is 13.1 Å². The molecule has 0 saturated heterocycles. The van der Waals surface area contributed by atoms with Crippen LogP contribution in [0.15, 0.2) is 29.2 Å². The summed E-state index contributed by atoms with van der Waals surface area (Å²) in [6.07, 6.45) is 2.63. The maximum atomic E-state index is 12.0. The SMILES string of the molecule is COCCCCCNS(=O)(=O)c1cccc(CO)c1. The summed E-state index contributed by atoms with van der Waals surface area (Å²) in [5, 5.41) is 9.00. The molecule has 0 unspecified atom stereocenters. The van der Waals surface area contributed by atoms with Crippen molar-refractivity contribution in [3.05, 3.63) is 29.8 Å². The first-order valence-electron chi connectivity index (χ1n) is 6.28. The van der Waals surface area contributed by atoms with Gasteiger partial charge in [0.2, 0.25) is 10.0 Å². The van der Waals surface area contributed by atoms with Crippen LogP contribution < -0.4 is 4.72 Å². The molecular weight excluding hydrogens is 266 g/mol. The van der Waals surface area contributed by atoms with E-state index in [1.807, 2.05) is 0 Å². The van der Waals surface area contributed by atoms with Gasteiger partial charge < -0.3 is 9.84 Å². The number of rotatable bonds is 9. The Morgan fingerprint density at radius 1 is 1.26 bits per heavy atom.